The lowest BCUT2D eigenvalue weighted by Crippen LogP contribution is -2.10. The van der Waals surface area contributed by atoms with Crippen LogP contribution in [0.5, 0.6) is 0 Å². The Labute approximate surface area is 126 Å². The summed E-state index contributed by atoms with van der Waals surface area (Å²) in [5.74, 6) is 2.65. The van der Waals surface area contributed by atoms with Crippen molar-refractivity contribution in [2.24, 2.45) is 0 Å². The van der Waals surface area contributed by atoms with Crippen molar-refractivity contribution in [2.45, 2.75) is 33.1 Å². The second-order valence-electron chi connectivity index (χ2n) is 4.87. The van der Waals surface area contributed by atoms with Gasteiger partial charge in [-0.2, -0.15) is 0 Å². The average molecular weight is 285 g/mol. The summed E-state index contributed by atoms with van der Waals surface area (Å²) in [5, 5.41) is 6.69. The van der Waals surface area contributed by atoms with Crippen molar-refractivity contribution >= 4 is 11.6 Å². The number of hydrogen-bond acceptors (Lipinski definition) is 5. The third-order valence-electron chi connectivity index (χ3n) is 3.11. The third kappa shape index (κ3) is 5.02. The smallest absolute Gasteiger partial charge is 0.132 e. The standard InChI is InChI=1S/C16H23N5/c1-3-8-18-15-12-16(21-14(4-2)20-15)19-11-7-13-5-9-17-10-6-13/h5-6,9-10,12H,3-4,7-8,11H2,1-2H3,(H2,18,19,20,21). The Kier molecular flexibility index (Phi) is 5.94. The van der Waals surface area contributed by atoms with Gasteiger partial charge in [-0.15, -0.1) is 0 Å². The van der Waals surface area contributed by atoms with Gasteiger partial charge in [-0.25, -0.2) is 9.97 Å². The molecule has 0 fully saturated rings. The zero-order valence-electron chi connectivity index (χ0n) is 12.8. The highest BCUT2D eigenvalue weighted by atomic mass is 15.1. The van der Waals surface area contributed by atoms with Crippen LogP contribution >= 0.6 is 0 Å². The highest BCUT2D eigenvalue weighted by Gasteiger charge is 2.03. The maximum absolute atomic E-state index is 4.52. The molecule has 0 saturated heterocycles. The Hall–Kier alpha value is -2.17. The van der Waals surface area contributed by atoms with Crippen LogP contribution in [-0.2, 0) is 12.8 Å². The van der Waals surface area contributed by atoms with E-state index >= 15 is 0 Å². The molecule has 2 rings (SSSR count). The first-order valence-electron chi connectivity index (χ1n) is 7.56. The van der Waals surface area contributed by atoms with Gasteiger partial charge in [0.15, 0.2) is 0 Å². The van der Waals surface area contributed by atoms with Gasteiger partial charge in [-0.3, -0.25) is 4.98 Å². The van der Waals surface area contributed by atoms with Crippen molar-refractivity contribution in [1.29, 1.82) is 0 Å². The number of nitrogens with zero attached hydrogens (tertiary/aromatic N) is 3. The summed E-state index contributed by atoms with van der Waals surface area (Å²) in [4.78, 5) is 13.0. The summed E-state index contributed by atoms with van der Waals surface area (Å²) in [6.07, 6.45) is 6.51. The molecule has 0 saturated carbocycles. The fourth-order valence-corrected chi connectivity index (χ4v) is 1.97. The minimum Gasteiger partial charge on any atom is -0.370 e. The van der Waals surface area contributed by atoms with Crippen LogP contribution in [0.25, 0.3) is 0 Å². The molecular weight excluding hydrogens is 262 g/mol. The van der Waals surface area contributed by atoms with Gasteiger partial charge in [-0.05, 0) is 30.5 Å². The van der Waals surface area contributed by atoms with E-state index in [0.29, 0.717) is 0 Å². The SMILES string of the molecule is CCCNc1cc(NCCc2ccncc2)nc(CC)n1. The summed E-state index contributed by atoms with van der Waals surface area (Å²) >= 11 is 0. The number of aryl methyl sites for hydroxylation is 1. The van der Waals surface area contributed by atoms with Crippen molar-refractivity contribution in [3.63, 3.8) is 0 Å². The lowest BCUT2D eigenvalue weighted by Gasteiger charge is -2.10. The number of hydrogen-bond donors (Lipinski definition) is 2. The van der Waals surface area contributed by atoms with E-state index in [1.165, 1.54) is 5.56 Å². The first kappa shape index (κ1) is 15.2. The highest BCUT2D eigenvalue weighted by Crippen LogP contribution is 2.12. The predicted molar refractivity (Wildman–Crippen MR) is 86.6 cm³/mol. The summed E-state index contributed by atoms with van der Waals surface area (Å²) in [6.45, 7) is 5.98. The van der Waals surface area contributed by atoms with Gasteiger partial charge in [0.25, 0.3) is 0 Å². The molecule has 112 valence electrons. The zero-order valence-corrected chi connectivity index (χ0v) is 12.8. The van der Waals surface area contributed by atoms with Crippen molar-refractivity contribution in [3.05, 3.63) is 42.0 Å². The third-order valence-corrected chi connectivity index (χ3v) is 3.11. The molecule has 21 heavy (non-hydrogen) atoms. The molecule has 0 aliphatic heterocycles. The molecule has 0 bridgehead atoms. The van der Waals surface area contributed by atoms with Gasteiger partial charge in [0, 0.05) is 38.0 Å². The van der Waals surface area contributed by atoms with Crippen LogP contribution in [-0.4, -0.2) is 28.0 Å². The fourth-order valence-electron chi connectivity index (χ4n) is 1.97. The molecule has 0 amide bonds. The summed E-state index contributed by atoms with van der Waals surface area (Å²) in [6, 6.07) is 6.04. The predicted octanol–water partition coefficient (Wildman–Crippen LogP) is 2.91. The molecule has 0 radical (unpaired) electrons. The Bertz CT molecular complexity index is 542. The number of pyridine rings is 1. The number of nitrogens with one attached hydrogen (secondary N) is 2. The lowest BCUT2D eigenvalue weighted by atomic mass is 10.2. The molecule has 2 aromatic rings. The first-order valence-corrected chi connectivity index (χ1v) is 7.56. The Balaban J connectivity index is 1.95. The summed E-state index contributed by atoms with van der Waals surface area (Å²) < 4.78 is 0. The first-order chi connectivity index (χ1) is 10.3. The molecule has 0 unspecified atom stereocenters. The Morgan fingerprint density at radius 1 is 0.952 bits per heavy atom. The van der Waals surface area contributed by atoms with E-state index in [1.54, 1.807) is 0 Å². The second-order valence-corrected chi connectivity index (χ2v) is 4.87. The molecule has 5 nitrogen and oxygen atoms in total. The van der Waals surface area contributed by atoms with E-state index in [0.717, 1.165) is 49.8 Å². The lowest BCUT2D eigenvalue weighted by molar-refractivity contribution is 0.908. The Morgan fingerprint density at radius 3 is 2.24 bits per heavy atom. The van der Waals surface area contributed by atoms with Gasteiger partial charge < -0.3 is 10.6 Å². The van der Waals surface area contributed by atoms with Crippen molar-refractivity contribution < 1.29 is 0 Å². The van der Waals surface area contributed by atoms with E-state index in [4.69, 9.17) is 0 Å². The van der Waals surface area contributed by atoms with Crippen LogP contribution in [0.2, 0.25) is 0 Å². The monoisotopic (exact) mass is 285 g/mol. The van der Waals surface area contributed by atoms with Gasteiger partial charge in [0.2, 0.25) is 0 Å². The minimum absolute atomic E-state index is 0.834. The Morgan fingerprint density at radius 2 is 1.62 bits per heavy atom. The van der Waals surface area contributed by atoms with Gasteiger partial charge in [0.1, 0.15) is 17.5 Å². The largest absolute Gasteiger partial charge is 0.370 e. The maximum atomic E-state index is 4.52. The van der Waals surface area contributed by atoms with Gasteiger partial charge in [0.05, 0.1) is 0 Å². The number of aromatic nitrogens is 3. The van der Waals surface area contributed by atoms with Crippen LogP contribution in [0.1, 0.15) is 31.7 Å². The van der Waals surface area contributed by atoms with Gasteiger partial charge >= 0.3 is 0 Å². The van der Waals surface area contributed by atoms with E-state index < -0.39 is 0 Å². The minimum atomic E-state index is 0.834. The van der Waals surface area contributed by atoms with E-state index in [2.05, 4.69) is 39.4 Å². The molecular formula is C16H23N5. The van der Waals surface area contributed by atoms with Crippen LogP contribution in [0.4, 0.5) is 11.6 Å². The van der Waals surface area contributed by atoms with E-state index in [1.807, 2.05) is 30.6 Å². The van der Waals surface area contributed by atoms with Crippen LogP contribution in [0.3, 0.4) is 0 Å². The van der Waals surface area contributed by atoms with Gasteiger partial charge in [-0.1, -0.05) is 13.8 Å². The van der Waals surface area contributed by atoms with Crippen LogP contribution in [0.15, 0.2) is 30.6 Å². The van der Waals surface area contributed by atoms with Crippen molar-refractivity contribution in [2.75, 3.05) is 23.7 Å². The average Bonchev–Trinajstić information content (AvgIpc) is 2.53. The molecule has 2 N–H and O–H groups in total. The molecule has 0 aromatic carbocycles. The molecule has 0 spiro atoms. The molecule has 5 heteroatoms. The molecule has 2 aromatic heterocycles. The number of anilines is 2. The van der Waals surface area contributed by atoms with Crippen LogP contribution < -0.4 is 10.6 Å². The number of rotatable bonds is 8. The molecule has 0 aliphatic rings. The summed E-state index contributed by atoms with van der Waals surface area (Å²) in [7, 11) is 0. The molecule has 0 atom stereocenters. The highest BCUT2D eigenvalue weighted by molar-refractivity contribution is 5.47. The fraction of sp³-hybridized carbons (Fsp3) is 0.438. The topological polar surface area (TPSA) is 62.7 Å². The van der Waals surface area contributed by atoms with Crippen molar-refractivity contribution in [1.82, 2.24) is 15.0 Å². The molecule has 2 heterocycles. The zero-order chi connectivity index (χ0) is 14.9. The van der Waals surface area contributed by atoms with Crippen molar-refractivity contribution in [3.8, 4) is 0 Å². The normalized spacial score (nSPS) is 10.4. The van der Waals surface area contributed by atoms with Crippen LogP contribution in [0, 0.1) is 0 Å². The maximum Gasteiger partial charge on any atom is 0.132 e. The van der Waals surface area contributed by atoms with E-state index in [9.17, 15) is 0 Å². The van der Waals surface area contributed by atoms with E-state index in [-0.39, 0.29) is 0 Å². The summed E-state index contributed by atoms with van der Waals surface area (Å²) in [5.41, 5.74) is 1.27. The quantitative estimate of drug-likeness (QED) is 0.781. The second kappa shape index (κ2) is 8.19. The molecule has 0 aliphatic carbocycles.